The molecule has 11 nitrogen and oxygen atoms in total. The van der Waals surface area contributed by atoms with Crippen molar-refractivity contribution >= 4 is 53.2 Å². The summed E-state index contributed by atoms with van der Waals surface area (Å²) in [6, 6.07) is 1.13. The van der Waals surface area contributed by atoms with Gasteiger partial charge in [0.1, 0.15) is 18.4 Å². The van der Waals surface area contributed by atoms with Gasteiger partial charge in [-0.15, -0.1) is 0 Å². The number of aliphatic carboxylic acids is 1. The molecule has 1 heterocycles. The minimum absolute atomic E-state index is 0.128. The lowest BCUT2D eigenvalue weighted by atomic mass is 9.84. The molecule has 5 atom stereocenters. The molecule has 1 aliphatic carbocycles. The van der Waals surface area contributed by atoms with E-state index in [0.29, 0.717) is 24.8 Å². The number of carbonyl (C=O) groups excluding carboxylic acids is 5. The molecule has 3 rings (SSSR count). The number of rotatable bonds is 10. The number of piperidine rings is 1. The normalized spacial score (nSPS) is 21.6. The molecule has 39 heavy (non-hydrogen) atoms. The Morgan fingerprint density at radius 1 is 1.15 bits per heavy atom. The number of amides is 4. The molecule has 212 valence electrons. The van der Waals surface area contributed by atoms with Crippen molar-refractivity contribution in [2.45, 2.75) is 84.0 Å². The Labute approximate surface area is 232 Å². The summed E-state index contributed by atoms with van der Waals surface area (Å²) in [5.41, 5.74) is -0.179. The van der Waals surface area contributed by atoms with E-state index in [2.05, 4.69) is 16.0 Å². The predicted molar refractivity (Wildman–Crippen MR) is 143 cm³/mol. The molecular weight excluding hydrogens is 528 g/mol. The van der Waals surface area contributed by atoms with Crippen LogP contribution in [0.5, 0.6) is 0 Å². The number of fused-ring (bicyclic) bond motifs is 2. The maximum Gasteiger partial charge on any atom is 0.305 e. The Morgan fingerprint density at radius 2 is 1.85 bits per heavy atom. The molecule has 1 saturated carbocycles. The first-order chi connectivity index (χ1) is 18.3. The molecule has 2 bridgehead atoms. The number of benzene rings is 1. The van der Waals surface area contributed by atoms with Crippen molar-refractivity contribution in [3.05, 3.63) is 28.8 Å². The highest BCUT2D eigenvalue weighted by Gasteiger charge is 2.53. The molecule has 0 unspecified atom stereocenters. The van der Waals surface area contributed by atoms with Gasteiger partial charge >= 0.3 is 5.97 Å². The Kier molecular flexibility index (Phi) is 9.37. The fourth-order valence-electron chi connectivity index (χ4n) is 5.24. The van der Waals surface area contributed by atoms with E-state index in [-0.39, 0.29) is 34.9 Å². The predicted octanol–water partition coefficient (Wildman–Crippen LogP) is 2.37. The number of nitrogens with one attached hydrogen (secondary N) is 3. The SMILES string of the molecule is CCC(=O)Nc1ccc(C(=O)N[C@H](C(=O)N2[C@H]3CC[C@@H](C3)[C@H]2C(=O)N[C@H](C=O)CC(=O)O)C(C)(C)C)cc1Cl. The monoisotopic (exact) mass is 562 g/mol. The van der Waals surface area contributed by atoms with Crippen molar-refractivity contribution in [2.24, 2.45) is 11.3 Å². The molecule has 12 heteroatoms. The minimum Gasteiger partial charge on any atom is -0.481 e. The van der Waals surface area contributed by atoms with Crippen LogP contribution in [0.3, 0.4) is 0 Å². The van der Waals surface area contributed by atoms with Crippen molar-refractivity contribution in [3.8, 4) is 0 Å². The minimum atomic E-state index is -1.23. The third-order valence-electron chi connectivity index (χ3n) is 7.21. The molecule has 0 aromatic heterocycles. The van der Waals surface area contributed by atoms with Crippen LogP contribution in [-0.4, -0.2) is 70.1 Å². The largest absolute Gasteiger partial charge is 0.481 e. The molecule has 1 saturated heterocycles. The zero-order chi connectivity index (χ0) is 29.1. The highest BCUT2D eigenvalue weighted by molar-refractivity contribution is 6.34. The number of hydrogen-bond donors (Lipinski definition) is 4. The lowest BCUT2D eigenvalue weighted by molar-refractivity contribution is -0.147. The smallest absolute Gasteiger partial charge is 0.305 e. The quantitative estimate of drug-likeness (QED) is 0.318. The summed E-state index contributed by atoms with van der Waals surface area (Å²) in [5.74, 6) is -3.15. The van der Waals surface area contributed by atoms with Gasteiger partial charge < -0.3 is 30.8 Å². The molecule has 0 spiro atoms. The summed E-state index contributed by atoms with van der Waals surface area (Å²) in [6.07, 6.45) is 2.11. The zero-order valence-electron chi connectivity index (χ0n) is 22.5. The number of carboxylic acid groups (broad SMARTS) is 1. The number of aldehydes is 1. The molecule has 0 radical (unpaired) electrons. The van der Waals surface area contributed by atoms with Crippen LogP contribution in [0.25, 0.3) is 0 Å². The van der Waals surface area contributed by atoms with Gasteiger partial charge in [0.15, 0.2) is 0 Å². The van der Waals surface area contributed by atoms with Crippen LogP contribution in [0.1, 0.15) is 70.2 Å². The molecule has 2 aliphatic rings. The molecule has 4 N–H and O–H groups in total. The Morgan fingerprint density at radius 3 is 2.41 bits per heavy atom. The fourth-order valence-corrected chi connectivity index (χ4v) is 5.47. The van der Waals surface area contributed by atoms with Gasteiger partial charge in [0, 0.05) is 18.0 Å². The first kappa shape index (κ1) is 30.1. The number of nitrogens with zero attached hydrogens (tertiary/aromatic N) is 1. The Hall–Kier alpha value is -3.47. The van der Waals surface area contributed by atoms with E-state index < -0.39 is 53.7 Å². The maximum atomic E-state index is 14.0. The Balaban J connectivity index is 1.82. The van der Waals surface area contributed by atoms with Gasteiger partial charge in [-0.25, -0.2) is 0 Å². The summed E-state index contributed by atoms with van der Waals surface area (Å²) in [4.78, 5) is 76.0. The second-order valence-corrected chi connectivity index (χ2v) is 11.5. The average Bonchev–Trinajstić information content (AvgIpc) is 3.48. The Bertz CT molecular complexity index is 1170. The zero-order valence-corrected chi connectivity index (χ0v) is 23.2. The lowest BCUT2D eigenvalue weighted by Gasteiger charge is -2.40. The highest BCUT2D eigenvalue weighted by atomic mass is 35.5. The van der Waals surface area contributed by atoms with Gasteiger partial charge in [-0.05, 0) is 48.8 Å². The second-order valence-electron chi connectivity index (χ2n) is 11.1. The van der Waals surface area contributed by atoms with E-state index in [4.69, 9.17) is 16.7 Å². The summed E-state index contributed by atoms with van der Waals surface area (Å²) in [7, 11) is 0. The van der Waals surface area contributed by atoms with Crippen molar-refractivity contribution in [1.82, 2.24) is 15.5 Å². The maximum absolute atomic E-state index is 14.0. The highest BCUT2D eigenvalue weighted by Crippen LogP contribution is 2.43. The molecular formula is C27H35ClN4O7. The van der Waals surface area contributed by atoms with Crippen LogP contribution in [0, 0.1) is 11.3 Å². The molecule has 1 aromatic rings. The average molecular weight is 563 g/mol. The van der Waals surface area contributed by atoms with E-state index in [0.717, 1.165) is 6.42 Å². The topological polar surface area (TPSA) is 162 Å². The number of carbonyl (C=O) groups is 6. The van der Waals surface area contributed by atoms with Gasteiger partial charge in [-0.2, -0.15) is 0 Å². The third kappa shape index (κ3) is 6.95. The van der Waals surface area contributed by atoms with Gasteiger partial charge in [-0.3, -0.25) is 24.0 Å². The fraction of sp³-hybridized carbons (Fsp3) is 0.556. The van der Waals surface area contributed by atoms with Crippen molar-refractivity contribution in [2.75, 3.05) is 5.32 Å². The first-order valence-corrected chi connectivity index (χ1v) is 13.3. The van der Waals surface area contributed by atoms with Crippen molar-refractivity contribution in [1.29, 1.82) is 0 Å². The molecule has 4 amide bonds. The van der Waals surface area contributed by atoms with Gasteiger partial charge in [0.05, 0.1) is 23.2 Å². The summed E-state index contributed by atoms with van der Waals surface area (Å²) >= 11 is 6.27. The van der Waals surface area contributed by atoms with E-state index in [1.165, 1.54) is 23.1 Å². The second kappa shape index (κ2) is 12.1. The van der Waals surface area contributed by atoms with Crippen LogP contribution in [0.4, 0.5) is 5.69 Å². The standard InChI is InChI=1S/C27H35ClN4O7/c1-5-20(34)30-19-9-7-15(11-18(19)28)24(37)31-23(27(2,3)4)26(39)32-17-8-6-14(10-17)22(32)25(38)29-16(13-33)12-21(35)36/h7,9,11,13-14,16-17,22-23H,5-6,8,10,12H2,1-4H3,(H,29,38)(H,30,34)(H,31,37)(H,35,36)/t14-,16-,17-,22-,23+/m0/s1. The van der Waals surface area contributed by atoms with E-state index in [9.17, 15) is 28.8 Å². The first-order valence-electron chi connectivity index (χ1n) is 13.0. The van der Waals surface area contributed by atoms with Crippen LogP contribution < -0.4 is 16.0 Å². The van der Waals surface area contributed by atoms with Crippen LogP contribution in [0.2, 0.25) is 5.02 Å². The van der Waals surface area contributed by atoms with Crippen molar-refractivity contribution < 1.29 is 33.9 Å². The number of hydrogen-bond acceptors (Lipinski definition) is 6. The summed E-state index contributed by atoms with van der Waals surface area (Å²) in [6.45, 7) is 7.09. The van der Waals surface area contributed by atoms with Gasteiger partial charge in [0.25, 0.3) is 5.91 Å². The van der Waals surface area contributed by atoms with Gasteiger partial charge in [-0.1, -0.05) is 39.3 Å². The number of halogens is 1. The van der Waals surface area contributed by atoms with Crippen LogP contribution in [0.15, 0.2) is 18.2 Å². The summed E-state index contributed by atoms with van der Waals surface area (Å²) in [5, 5.41) is 17.1. The third-order valence-corrected chi connectivity index (χ3v) is 7.52. The molecule has 2 fully saturated rings. The number of anilines is 1. The van der Waals surface area contributed by atoms with E-state index in [1.54, 1.807) is 27.7 Å². The van der Waals surface area contributed by atoms with Crippen molar-refractivity contribution in [3.63, 3.8) is 0 Å². The number of likely N-dealkylation sites (tertiary alicyclic amines) is 1. The molecule has 1 aliphatic heterocycles. The number of carboxylic acids is 1. The van der Waals surface area contributed by atoms with Gasteiger partial charge in [0.2, 0.25) is 17.7 Å². The summed E-state index contributed by atoms with van der Waals surface area (Å²) < 4.78 is 0. The van der Waals surface area contributed by atoms with Crippen LogP contribution >= 0.6 is 11.6 Å². The molecule has 1 aromatic carbocycles. The van der Waals surface area contributed by atoms with Crippen LogP contribution in [-0.2, 0) is 24.0 Å². The lowest BCUT2D eigenvalue weighted by Crippen LogP contribution is -2.61. The van der Waals surface area contributed by atoms with E-state index in [1.807, 2.05) is 0 Å². The van der Waals surface area contributed by atoms with E-state index >= 15 is 0 Å².